The average Bonchev–Trinajstić information content (AvgIpc) is 3.19. The fourth-order valence-corrected chi connectivity index (χ4v) is 4.43. The first-order valence-electron chi connectivity index (χ1n) is 9.53. The van der Waals surface area contributed by atoms with Crippen LogP contribution in [0.2, 0.25) is 0 Å². The molecule has 2 saturated carbocycles. The standard InChI is InChI=1S/C19H23F2N3O2/c20-19(21)9-24(10-19)16-4-3-15(23-18(16)26-8-11-1-2-11)17(25)14-6-13-5-12(14)7-22-13/h3-4,11-14,22H,1-2,5-10H2/t12-,13+,14?/m1/s1. The van der Waals surface area contributed by atoms with Crippen molar-refractivity contribution < 1.29 is 18.3 Å². The summed E-state index contributed by atoms with van der Waals surface area (Å²) in [6.07, 6.45) is 4.19. The minimum atomic E-state index is -2.65. The summed E-state index contributed by atoms with van der Waals surface area (Å²) in [6.45, 7) is 0.798. The van der Waals surface area contributed by atoms with E-state index in [-0.39, 0.29) is 24.8 Å². The van der Waals surface area contributed by atoms with Crippen molar-refractivity contribution >= 4 is 11.5 Å². The highest BCUT2D eigenvalue weighted by Gasteiger charge is 2.46. The Morgan fingerprint density at radius 1 is 1.31 bits per heavy atom. The lowest BCUT2D eigenvalue weighted by Gasteiger charge is -2.40. The van der Waals surface area contributed by atoms with Gasteiger partial charge in [0, 0.05) is 12.0 Å². The smallest absolute Gasteiger partial charge is 0.282 e. The molecule has 0 spiro atoms. The number of anilines is 1. The average molecular weight is 363 g/mol. The van der Waals surface area contributed by atoms with Gasteiger partial charge in [0.2, 0.25) is 5.88 Å². The summed E-state index contributed by atoms with van der Waals surface area (Å²) >= 11 is 0. The Hall–Kier alpha value is -1.76. The Labute approximate surface area is 151 Å². The number of ketones is 1. The predicted molar refractivity (Wildman–Crippen MR) is 92.0 cm³/mol. The fourth-order valence-electron chi connectivity index (χ4n) is 4.43. The summed E-state index contributed by atoms with van der Waals surface area (Å²) in [7, 11) is 0. The number of aromatic nitrogens is 1. The molecular formula is C19H23F2N3O2. The van der Waals surface area contributed by atoms with Crippen LogP contribution in [0.1, 0.15) is 36.2 Å². The third-order valence-corrected chi connectivity index (χ3v) is 6.13. The van der Waals surface area contributed by atoms with Crippen LogP contribution in [-0.2, 0) is 0 Å². The number of carbonyl (C=O) groups is 1. The van der Waals surface area contributed by atoms with Gasteiger partial charge in [0.1, 0.15) is 11.4 Å². The maximum absolute atomic E-state index is 13.3. The second-order valence-electron chi connectivity index (χ2n) is 8.29. The first kappa shape index (κ1) is 16.4. The van der Waals surface area contributed by atoms with E-state index in [0.29, 0.717) is 41.7 Å². The van der Waals surface area contributed by atoms with E-state index in [0.717, 1.165) is 32.2 Å². The lowest BCUT2D eigenvalue weighted by atomic mass is 9.89. The van der Waals surface area contributed by atoms with E-state index >= 15 is 0 Å². The number of hydrogen-bond donors (Lipinski definition) is 1. The molecule has 2 saturated heterocycles. The SMILES string of the molecule is O=C(c1ccc(N2CC(F)(F)C2)c(OCC2CC2)n1)C1C[C@@H]2C[C@@H]1CN2. The molecule has 4 aliphatic rings. The maximum atomic E-state index is 13.3. The van der Waals surface area contributed by atoms with Crippen LogP contribution in [0.4, 0.5) is 14.5 Å². The molecule has 2 aliphatic carbocycles. The second kappa shape index (κ2) is 5.87. The van der Waals surface area contributed by atoms with Gasteiger partial charge in [-0.3, -0.25) is 4.79 Å². The van der Waals surface area contributed by atoms with E-state index in [1.54, 1.807) is 17.0 Å². The van der Waals surface area contributed by atoms with Crippen LogP contribution < -0.4 is 15.0 Å². The van der Waals surface area contributed by atoms with Crippen LogP contribution in [0.3, 0.4) is 0 Å². The molecule has 1 unspecified atom stereocenters. The molecule has 3 atom stereocenters. The number of fused-ring (bicyclic) bond motifs is 2. The molecule has 7 heteroatoms. The Kier molecular flexibility index (Phi) is 3.71. The summed E-state index contributed by atoms with van der Waals surface area (Å²) in [5.41, 5.74) is 0.979. The van der Waals surface area contributed by atoms with E-state index in [1.807, 2.05) is 0 Å². The number of Topliss-reactive ketones (excluding diaryl/α,β-unsaturated/α-hetero) is 1. The molecule has 140 valence electrons. The number of hydrogen-bond acceptors (Lipinski definition) is 5. The van der Waals surface area contributed by atoms with Crippen molar-refractivity contribution in [1.82, 2.24) is 10.3 Å². The molecule has 0 amide bonds. The highest BCUT2D eigenvalue weighted by molar-refractivity contribution is 5.97. The number of piperidine rings is 1. The van der Waals surface area contributed by atoms with Crippen molar-refractivity contribution in [1.29, 1.82) is 0 Å². The van der Waals surface area contributed by atoms with Crippen molar-refractivity contribution in [2.45, 2.75) is 37.6 Å². The molecule has 2 aliphatic heterocycles. The zero-order valence-corrected chi connectivity index (χ0v) is 14.6. The van der Waals surface area contributed by atoms with Crippen LogP contribution in [0.5, 0.6) is 5.88 Å². The minimum absolute atomic E-state index is 0.0178. The molecule has 1 aromatic heterocycles. The zero-order chi connectivity index (χ0) is 17.9. The molecule has 1 N–H and O–H groups in total. The van der Waals surface area contributed by atoms with E-state index in [4.69, 9.17) is 4.74 Å². The number of nitrogens with one attached hydrogen (secondary N) is 1. The van der Waals surface area contributed by atoms with Crippen molar-refractivity contribution in [3.05, 3.63) is 17.8 Å². The lowest BCUT2D eigenvalue weighted by molar-refractivity contribution is -0.0265. The highest BCUT2D eigenvalue weighted by Crippen LogP contribution is 2.40. The van der Waals surface area contributed by atoms with E-state index in [2.05, 4.69) is 10.3 Å². The Bertz CT molecular complexity index is 729. The number of rotatable bonds is 6. The molecule has 5 rings (SSSR count). The first-order chi connectivity index (χ1) is 12.5. The van der Waals surface area contributed by atoms with E-state index < -0.39 is 5.92 Å². The van der Waals surface area contributed by atoms with Gasteiger partial charge in [-0.15, -0.1) is 0 Å². The van der Waals surface area contributed by atoms with Crippen molar-refractivity contribution in [2.24, 2.45) is 17.8 Å². The highest BCUT2D eigenvalue weighted by atomic mass is 19.3. The molecule has 5 nitrogen and oxygen atoms in total. The van der Waals surface area contributed by atoms with Gasteiger partial charge in [0.25, 0.3) is 5.92 Å². The van der Waals surface area contributed by atoms with Gasteiger partial charge in [0.05, 0.1) is 19.7 Å². The topological polar surface area (TPSA) is 54.5 Å². The van der Waals surface area contributed by atoms with Gasteiger partial charge in [-0.1, -0.05) is 0 Å². The van der Waals surface area contributed by atoms with Gasteiger partial charge >= 0.3 is 0 Å². The van der Waals surface area contributed by atoms with Crippen LogP contribution in [0, 0.1) is 17.8 Å². The minimum Gasteiger partial charge on any atom is -0.476 e. The summed E-state index contributed by atoms with van der Waals surface area (Å²) < 4.78 is 32.4. The number of carbonyl (C=O) groups excluding carboxylic acids is 1. The van der Waals surface area contributed by atoms with Gasteiger partial charge < -0.3 is 15.0 Å². The summed E-state index contributed by atoms with van der Waals surface area (Å²) in [5, 5.41) is 3.42. The summed E-state index contributed by atoms with van der Waals surface area (Å²) in [5.74, 6) is -1.32. The Morgan fingerprint density at radius 2 is 2.12 bits per heavy atom. The van der Waals surface area contributed by atoms with Crippen LogP contribution in [-0.4, -0.2) is 49.0 Å². The monoisotopic (exact) mass is 363 g/mol. The first-order valence-corrected chi connectivity index (χ1v) is 9.53. The molecule has 4 fully saturated rings. The Morgan fingerprint density at radius 3 is 2.73 bits per heavy atom. The van der Waals surface area contributed by atoms with Gasteiger partial charge in [0.15, 0.2) is 5.78 Å². The van der Waals surface area contributed by atoms with Crippen LogP contribution in [0.15, 0.2) is 12.1 Å². The van der Waals surface area contributed by atoms with Gasteiger partial charge in [-0.05, 0) is 56.2 Å². The Balaban J connectivity index is 1.37. The van der Waals surface area contributed by atoms with Crippen molar-refractivity contribution in [2.75, 3.05) is 31.1 Å². The van der Waals surface area contributed by atoms with Crippen LogP contribution >= 0.6 is 0 Å². The third-order valence-electron chi connectivity index (χ3n) is 6.13. The number of ether oxygens (including phenoxy) is 1. The van der Waals surface area contributed by atoms with Crippen molar-refractivity contribution in [3.63, 3.8) is 0 Å². The molecular weight excluding hydrogens is 340 g/mol. The maximum Gasteiger partial charge on any atom is 0.282 e. The molecule has 2 bridgehead atoms. The van der Waals surface area contributed by atoms with Gasteiger partial charge in [-0.25, -0.2) is 13.8 Å². The number of pyridine rings is 1. The van der Waals surface area contributed by atoms with Crippen molar-refractivity contribution in [3.8, 4) is 5.88 Å². The quantitative estimate of drug-likeness (QED) is 0.787. The molecule has 0 aromatic carbocycles. The third kappa shape index (κ3) is 2.96. The summed E-state index contributed by atoms with van der Waals surface area (Å²) in [6, 6.07) is 3.85. The number of halogens is 2. The summed E-state index contributed by atoms with van der Waals surface area (Å²) in [4.78, 5) is 19.0. The normalized spacial score (nSPS) is 31.8. The largest absolute Gasteiger partial charge is 0.476 e. The zero-order valence-electron chi connectivity index (χ0n) is 14.6. The molecule has 0 radical (unpaired) electrons. The molecule has 3 heterocycles. The lowest BCUT2D eigenvalue weighted by Crippen LogP contribution is -2.56. The number of alkyl halides is 2. The molecule has 26 heavy (non-hydrogen) atoms. The second-order valence-corrected chi connectivity index (χ2v) is 8.29. The van der Waals surface area contributed by atoms with E-state index in [1.165, 1.54) is 0 Å². The predicted octanol–water partition coefficient (Wildman–Crippen LogP) is 2.51. The molecule has 1 aromatic rings. The van der Waals surface area contributed by atoms with E-state index in [9.17, 15) is 13.6 Å². The van der Waals surface area contributed by atoms with Crippen LogP contribution in [0.25, 0.3) is 0 Å². The fraction of sp³-hybridized carbons (Fsp3) is 0.684. The number of nitrogens with zero attached hydrogens (tertiary/aromatic N) is 2. The van der Waals surface area contributed by atoms with Gasteiger partial charge in [-0.2, -0.15) is 0 Å².